The van der Waals surface area contributed by atoms with Gasteiger partial charge in [-0.15, -0.1) is 0 Å². The Labute approximate surface area is 118 Å². The minimum absolute atomic E-state index is 0.0123. The van der Waals surface area contributed by atoms with Gasteiger partial charge in [0.05, 0.1) is 11.6 Å². The molecule has 0 radical (unpaired) electrons. The minimum Gasteiger partial charge on any atom is -0.507 e. The molecule has 0 spiro atoms. The third kappa shape index (κ3) is 2.98. The van der Waals surface area contributed by atoms with E-state index in [0.29, 0.717) is 15.7 Å². The number of phenols is 2. The molecule has 0 saturated heterocycles. The van der Waals surface area contributed by atoms with Crippen LogP contribution in [0.4, 0.5) is 10.1 Å². The molecule has 0 amide bonds. The van der Waals surface area contributed by atoms with Crippen molar-refractivity contribution in [3.8, 4) is 11.5 Å². The van der Waals surface area contributed by atoms with E-state index in [4.69, 9.17) is 0 Å². The highest BCUT2D eigenvalue weighted by atomic mass is 79.9. The maximum Gasteiger partial charge on any atom is 0.124 e. The first-order valence-electron chi connectivity index (χ1n) is 5.71. The molecular weight excluding hydrogens is 313 g/mol. The molecule has 0 bridgehead atoms. The van der Waals surface area contributed by atoms with Crippen LogP contribution in [0.25, 0.3) is 0 Å². The molecule has 0 heterocycles. The van der Waals surface area contributed by atoms with Gasteiger partial charge < -0.3 is 15.5 Å². The summed E-state index contributed by atoms with van der Waals surface area (Å²) in [6.07, 6.45) is 0. The van der Waals surface area contributed by atoms with Crippen LogP contribution in [-0.4, -0.2) is 10.2 Å². The Bertz CT molecular complexity index is 584. The Morgan fingerprint density at radius 1 is 1.16 bits per heavy atom. The Kier molecular flexibility index (Phi) is 3.95. The van der Waals surface area contributed by atoms with Crippen molar-refractivity contribution in [1.29, 1.82) is 0 Å². The maximum absolute atomic E-state index is 13.0. The van der Waals surface area contributed by atoms with E-state index in [-0.39, 0.29) is 23.4 Å². The van der Waals surface area contributed by atoms with E-state index in [2.05, 4.69) is 21.2 Å². The summed E-state index contributed by atoms with van der Waals surface area (Å²) in [4.78, 5) is 0. The van der Waals surface area contributed by atoms with Crippen molar-refractivity contribution in [2.24, 2.45) is 0 Å². The van der Waals surface area contributed by atoms with Crippen LogP contribution in [0.15, 0.2) is 40.9 Å². The number of benzene rings is 2. The number of hydrogen-bond donors (Lipinski definition) is 3. The molecule has 19 heavy (non-hydrogen) atoms. The van der Waals surface area contributed by atoms with Gasteiger partial charge >= 0.3 is 0 Å². The van der Waals surface area contributed by atoms with Crippen molar-refractivity contribution in [2.75, 3.05) is 5.32 Å². The topological polar surface area (TPSA) is 52.5 Å². The van der Waals surface area contributed by atoms with Crippen molar-refractivity contribution in [1.82, 2.24) is 0 Å². The number of phenolic OH excluding ortho intramolecular Hbond substituents is 2. The number of anilines is 1. The van der Waals surface area contributed by atoms with Crippen LogP contribution < -0.4 is 5.32 Å². The van der Waals surface area contributed by atoms with Crippen molar-refractivity contribution < 1.29 is 14.6 Å². The molecule has 5 heteroatoms. The van der Waals surface area contributed by atoms with E-state index in [0.717, 1.165) is 0 Å². The second-order valence-corrected chi connectivity index (χ2v) is 5.05. The first kappa shape index (κ1) is 13.7. The normalized spacial score (nSPS) is 12.2. The van der Waals surface area contributed by atoms with E-state index in [1.807, 2.05) is 0 Å². The summed E-state index contributed by atoms with van der Waals surface area (Å²) in [6.45, 7) is 1.80. The molecule has 1 atom stereocenters. The van der Waals surface area contributed by atoms with Gasteiger partial charge in [0.25, 0.3) is 0 Å². The predicted molar refractivity (Wildman–Crippen MR) is 75.9 cm³/mol. The summed E-state index contributed by atoms with van der Waals surface area (Å²) in [5.41, 5.74) is 1.08. The first-order chi connectivity index (χ1) is 8.99. The molecule has 0 saturated carbocycles. The molecule has 0 aliphatic carbocycles. The smallest absolute Gasteiger partial charge is 0.124 e. The summed E-state index contributed by atoms with van der Waals surface area (Å²) >= 11 is 3.26. The third-order valence-electron chi connectivity index (χ3n) is 2.80. The maximum atomic E-state index is 13.0. The van der Waals surface area contributed by atoms with Crippen LogP contribution in [0, 0.1) is 5.82 Å². The highest BCUT2D eigenvalue weighted by Crippen LogP contribution is 2.35. The van der Waals surface area contributed by atoms with Gasteiger partial charge in [-0.2, -0.15) is 0 Å². The first-order valence-corrected chi connectivity index (χ1v) is 6.50. The van der Waals surface area contributed by atoms with Crippen molar-refractivity contribution >= 4 is 21.6 Å². The third-order valence-corrected chi connectivity index (χ3v) is 3.45. The SMILES string of the molecule is CC(Nc1ccc(F)cc1Br)c1c(O)cccc1O. The zero-order valence-electron chi connectivity index (χ0n) is 10.2. The standard InChI is InChI=1S/C14H13BrFNO2/c1-8(14-12(18)3-2-4-13(14)19)17-11-6-5-9(16)7-10(11)15/h2-8,17-19H,1H3. The zero-order valence-corrected chi connectivity index (χ0v) is 11.8. The van der Waals surface area contributed by atoms with Crippen LogP contribution in [0.3, 0.4) is 0 Å². The molecule has 2 rings (SSSR count). The molecule has 0 aliphatic heterocycles. The number of nitrogens with one attached hydrogen (secondary N) is 1. The lowest BCUT2D eigenvalue weighted by atomic mass is 10.1. The highest BCUT2D eigenvalue weighted by molar-refractivity contribution is 9.10. The van der Waals surface area contributed by atoms with Gasteiger partial charge in [-0.1, -0.05) is 6.07 Å². The molecule has 1 unspecified atom stereocenters. The lowest BCUT2D eigenvalue weighted by Crippen LogP contribution is -2.07. The van der Waals surface area contributed by atoms with Crippen molar-refractivity contribution in [3.05, 3.63) is 52.3 Å². The molecule has 2 aromatic rings. The zero-order chi connectivity index (χ0) is 14.0. The van der Waals surface area contributed by atoms with Crippen molar-refractivity contribution in [2.45, 2.75) is 13.0 Å². The second kappa shape index (κ2) is 5.48. The number of hydrogen-bond acceptors (Lipinski definition) is 3. The lowest BCUT2D eigenvalue weighted by molar-refractivity contribution is 0.434. The molecule has 100 valence electrons. The van der Waals surface area contributed by atoms with Crippen LogP contribution in [0.2, 0.25) is 0 Å². The Balaban J connectivity index is 2.28. The van der Waals surface area contributed by atoms with Gasteiger partial charge in [-0.05, 0) is 53.2 Å². The predicted octanol–water partition coefficient (Wildman–Crippen LogP) is 4.17. The fourth-order valence-electron chi connectivity index (χ4n) is 1.90. The number of halogens is 2. The van der Waals surface area contributed by atoms with E-state index < -0.39 is 0 Å². The van der Waals surface area contributed by atoms with Crippen LogP contribution in [-0.2, 0) is 0 Å². The highest BCUT2D eigenvalue weighted by Gasteiger charge is 2.15. The Morgan fingerprint density at radius 3 is 2.37 bits per heavy atom. The summed E-state index contributed by atoms with van der Waals surface area (Å²) in [5, 5.41) is 22.7. The molecule has 2 aromatic carbocycles. The van der Waals surface area contributed by atoms with Gasteiger partial charge in [0.2, 0.25) is 0 Å². The van der Waals surface area contributed by atoms with E-state index in [1.54, 1.807) is 19.1 Å². The molecule has 3 N–H and O–H groups in total. The van der Waals surface area contributed by atoms with Gasteiger partial charge in [0.1, 0.15) is 17.3 Å². The van der Waals surface area contributed by atoms with Gasteiger partial charge in [-0.25, -0.2) is 4.39 Å². The second-order valence-electron chi connectivity index (χ2n) is 4.20. The number of rotatable bonds is 3. The minimum atomic E-state index is -0.338. The summed E-state index contributed by atoms with van der Waals surface area (Å²) in [5.74, 6) is -0.313. The molecule has 0 aliphatic rings. The van der Waals surface area contributed by atoms with Gasteiger partial charge in [0.15, 0.2) is 0 Å². The quantitative estimate of drug-likeness (QED) is 0.793. The average molecular weight is 326 g/mol. The summed E-state index contributed by atoms with van der Waals surface area (Å²) in [7, 11) is 0. The molecule has 0 aromatic heterocycles. The Morgan fingerprint density at radius 2 is 1.79 bits per heavy atom. The van der Waals surface area contributed by atoms with Crippen LogP contribution in [0.1, 0.15) is 18.5 Å². The average Bonchev–Trinajstić information content (AvgIpc) is 2.32. The lowest BCUT2D eigenvalue weighted by Gasteiger charge is -2.19. The van der Waals surface area contributed by atoms with E-state index in [9.17, 15) is 14.6 Å². The molecular formula is C14H13BrFNO2. The molecule has 3 nitrogen and oxygen atoms in total. The van der Waals surface area contributed by atoms with Crippen LogP contribution >= 0.6 is 15.9 Å². The molecule has 0 fully saturated rings. The van der Waals surface area contributed by atoms with Crippen LogP contribution in [0.5, 0.6) is 11.5 Å². The largest absolute Gasteiger partial charge is 0.507 e. The van der Waals surface area contributed by atoms with Gasteiger partial charge in [-0.3, -0.25) is 0 Å². The number of aromatic hydroxyl groups is 2. The summed E-state index contributed by atoms with van der Waals surface area (Å²) < 4.78 is 13.6. The van der Waals surface area contributed by atoms with Crippen molar-refractivity contribution in [3.63, 3.8) is 0 Å². The Hall–Kier alpha value is -1.75. The fraction of sp³-hybridized carbons (Fsp3) is 0.143. The van der Waals surface area contributed by atoms with E-state index >= 15 is 0 Å². The monoisotopic (exact) mass is 325 g/mol. The summed E-state index contributed by atoms with van der Waals surface area (Å²) in [6, 6.07) is 8.52. The van der Waals surface area contributed by atoms with Gasteiger partial charge in [0, 0.05) is 10.2 Å². The van der Waals surface area contributed by atoms with E-state index in [1.165, 1.54) is 24.3 Å². The fourth-order valence-corrected chi connectivity index (χ4v) is 2.36.